The fraction of sp³-hybridized carbons (Fsp3) is 0.500. The van der Waals surface area contributed by atoms with Crippen LogP contribution in [0.1, 0.15) is 18.6 Å². The van der Waals surface area contributed by atoms with E-state index in [1.54, 1.807) is 4.90 Å². The summed E-state index contributed by atoms with van der Waals surface area (Å²) in [4.78, 5) is 13.3. The van der Waals surface area contributed by atoms with Crippen LogP contribution in [-0.4, -0.2) is 17.9 Å². The van der Waals surface area contributed by atoms with Crippen molar-refractivity contribution in [2.24, 2.45) is 5.92 Å². The van der Waals surface area contributed by atoms with Gasteiger partial charge in [-0.3, -0.25) is 4.79 Å². The third-order valence-corrected chi connectivity index (χ3v) is 2.75. The molecule has 1 saturated carbocycles. The Morgan fingerprint density at radius 1 is 1.64 bits per heavy atom. The van der Waals surface area contributed by atoms with Crippen molar-refractivity contribution in [3.8, 4) is 0 Å². The number of halogens is 1. The van der Waals surface area contributed by atoms with Gasteiger partial charge < -0.3 is 9.32 Å². The molecule has 1 aliphatic carbocycles. The van der Waals surface area contributed by atoms with Gasteiger partial charge in [0.15, 0.2) is 4.67 Å². The molecule has 2 rings (SSSR count). The quantitative estimate of drug-likeness (QED) is 0.834. The molecule has 0 saturated heterocycles. The minimum Gasteiger partial charge on any atom is -0.452 e. The van der Waals surface area contributed by atoms with Crippen LogP contribution in [0.2, 0.25) is 0 Å². The second-order valence-electron chi connectivity index (χ2n) is 3.67. The molecular weight excluding hydrogens is 246 g/mol. The molecule has 0 bridgehead atoms. The van der Waals surface area contributed by atoms with E-state index in [0.717, 1.165) is 18.6 Å². The van der Waals surface area contributed by atoms with Crippen molar-refractivity contribution in [2.75, 3.05) is 7.05 Å². The Kier molecular flexibility index (Phi) is 2.63. The van der Waals surface area contributed by atoms with Gasteiger partial charge >= 0.3 is 0 Å². The second kappa shape index (κ2) is 3.77. The van der Waals surface area contributed by atoms with E-state index in [9.17, 15) is 4.79 Å². The number of hydrogen-bond donors (Lipinski definition) is 0. The van der Waals surface area contributed by atoms with Gasteiger partial charge in [-0.25, -0.2) is 0 Å². The lowest BCUT2D eigenvalue weighted by Gasteiger charge is -2.14. The summed E-state index contributed by atoms with van der Waals surface area (Å²) < 4.78 is 6.04. The highest BCUT2D eigenvalue weighted by molar-refractivity contribution is 9.10. The molecule has 14 heavy (non-hydrogen) atoms. The monoisotopic (exact) mass is 257 g/mol. The van der Waals surface area contributed by atoms with Crippen LogP contribution in [0.15, 0.2) is 21.2 Å². The minimum absolute atomic E-state index is 0.234. The van der Waals surface area contributed by atoms with E-state index in [0.29, 0.717) is 11.2 Å². The zero-order chi connectivity index (χ0) is 10.1. The Morgan fingerprint density at radius 3 is 2.86 bits per heavy atom. The fourth-order valence-corrected chi connectivity index (χ4v) is 1.73. The molecule has 1 aromatic heterocycles. The number of carbonyl (C=O) groups excluding carboxylic acids is 1. The normalized spacial score (nSPS) is 15.6. The van der Waals surface area contributed by atoms with Crippen molar-refractivity contribution in [3.05, 3.63) is 22.6 Å². The van der Waals surface area contributed by atoms with Crippen LogP contribution >= 0.6 is 15.9 Å². The summed E-state index contributed by atoms with van der Waals surface area (Å²) in [7, 11) is 1.82. The number of nitrogens with zero attached hydrogens (tertiary/aromatic N) is 1. The van der Waals surface area contributed by atoms with Crippen LogP contribution in [-0.2, 0) is 11.3 Å². The van der Waals surface area contributed by atoms with Gasteiger partial charge in [0.1, 0.15) is 5.76 Å². The maximum atomic E-state index is 11.6. The Labute approximate surface area is 91.2 Å². The van der Waals surface area contributed by atoms with Crippen LogP contribution in [0.3, 0.4) is 0 Å². The van der Waals surface area contributed by atoms with E-state index in [1.807, 2.05) is 19.2 Å². The predicted molar refractivity (Wildman–Crippen MR) is 55.6 cm³/mol. The maximum Gasteiger partial charge on any atom is 0.225 e. The lowest BCUT2D eigenvalue weighted by Crippen LogP contribution is -2.27. The lowest BCUT2D eigenvalue weighted by atomic mass is 10.3. The molecule has 0 spiro atoms. The molecule has 0 atom stereocenters. The summed E-state index contributed by atoms with van der Waals surface area (Å²) in [6.45, 7) is 0.556. The van der Waals surface area contributed by atoms with Crippen molar-refractivity contribution < 1.29 is 9.21 Å². The first-order valence-electron chi connectivity index (χ1n) is 4.66. The highest BCUT2D eigenvalue weighted by Gasteiger charge is 2.32. The van der Waals surface area contributed by atoms with Crippen LogP contribution < -0.4 is 0 Å². The first-order chi connectivity index (χ1) is 6.66. The van der Waals surface area contributed by atoms with E-state index in [2.05, 4.69) is 15.9 Å². The third kappa shape index (κ3) is 2.18. The molecule has 3 nitrogen and oxygen atoms in total. The molecule has 76 valence electrons. The molecule has 0 aromatic carbocycles. The summed E-state index contributed by atoms with van der Waals surface area (Å²) in [6, 6.07) is 3.71. The van der Waals surface area contributed by atoms with Crippen molar-refractivity contribution >= 4 is 21.8 Å². The molecule has 4 heteroatoms. The number of amides is 1. The van der Waals surface area contributed by atoms with Crippen molar-refractivity contribution in [3.63, 3.8) is 0 Å². The van der Waals surface area contributed by atoms with Crippen LogP contribution in [0.5, 0.6) is 0 Å². The molecule has 0 unspecified atom stereocenters. The molecule has 1 fully saturated rings. The van der Waals surface area contributed by atoms with Gasteiger partial charge in [-0.05, 0) is 40.9 Å². The SMILES string of the molecule is CN(Cc1ccc(Br)o1)C(=O)C1CC1. The molecule has 1 heterocycles. The maximum absolute atomic E-state index is 11.6. The van der Waals surface area contributed by atoms with Gasteiger partial charge in [-0.2, -0.15) is 0 Å². The van der Waals surface area contributed by atoms with Gasteiger partial charge in [0.2, 0.25) is 5.91 Å². The Bertz CT molecular complexity index is 344. The van der Waals surface area contributed by atoms with E-state index in [1.165, 1.54) is 0 Å². The molecule has 0 radical (unpaired) electrons. The Balaban J connectivity index is 1.93. The average Bonchev–Trinajstić information content (AvgIpc) is 2.91. The van der Waals surface area contributed by atoms with Crippen molar-refractivity contribution in [1.29, 1.82) is 0 Å². The molecule has 0 N–H and O–H groups in total. The highest BCUT2D eigenvalue weighted by atomic mass is 79.9. The highest BCUT2D eigenvalue weighted by Crippen LogP contribution is 2.31. The van der Waals surface area contributed by atoms with E-state index in [-0.39, 0.29) is 11.8 Å². The fourth-order valence-electron chi connectivity index (χ4n) is 1.39. The molecular formula is C10H12BrNO2. The smallest absolute Gasteiger partial charge is 0.225 e. The number of carbonyl (C=O) groups is 1. The standard InChI is InChI=1S/C10H12BrNO2/c1-12(10(13)7-2-3-7)6-8-4-5-9(11)14-8/h4-5,7H,2-3,6H2,1H3. The summed E-state index contributed by atoms with van der Waals surface area (Å²) in [5, 5.41) is 0. The van der Waals surface area contributed by atoms with Crippen LogP contribution in [0.4, 0.5) is 0 Å². The first-order valence-corrected chi connectivity index (χ1v) is 5.45. The number of rotatable bonds is 3. The Hall–Kier alpha value is -0.770. The molecule has 1 aliphatic rings. The zero-order valence-electron chi connectivity index (χ0n) is 8.00. The second-order valence-corrected chi connectivity index (χ2v) is 4.46. The molecule has 0 aliphatic heterocycles. The van der Waals surface area contributed by atoms with Crippen LogP contribution in [0.25, 0.3) is 0 Å². The van der Waals surface area contributed by atoms with Gasteiger partial charge in [0, 0.05) is 13.0 Å². The Morgan fingerprint density at radius 2 is 2.36 bits per heavy atom. The van der Waals surface area contributed by atoms with Crippen molar-refractivity contribution in [1.82, 2.24) is 4.90 Å². The van der Waals surface area contributed by atoms with E-state index < -0.39 is 0 Å². The minimum atomic E-state index is 0.234. The van der Waals surface area contributed by atoms with Gasteiger partial charge in [0.05, 0.1) is 6.54 Å². The largest absolute Gasteiger partial charge is 0.452 e. The summed E-state index contributed by atoms with van der Waals surface area (Å²) in [5.41, 5.74) is 0. The topological polar surface area (TPSA) is 33.5 Å². The number of furan rings is 1. The van der Waals surface area contributed by atoms with Gasteiger partial charge in [-0.1, -0.05) is 0 Å². The zero-order valence-corrected chi connectivity index (χ0v) is 9.58. The molecule has 1 amide bonds. The summed E-state index contributed by atoms with van der Waals surface area (Å²) in [6.07, 6.45) is 2.09. The van der Waals surface area contributed by atoms with E-state index >= 15 is 0 Å². The molecule has 1 aromatic rings. The third-order valence-electron chi connectivity index (χ3n) is 2.32. The first kappa shape index (κ1) is 9.77. The van der Waals surface area contributed by atoms with Crippen LogP contribution in [0, 0.1) is 5.92 Å². The average molecular weight is 258 g/mol. The summed E-state index contributed by atoms with van der Waals surface area (Å²) in [5.74, 6) is 1.32. The van der Waals surface area contributed by atoms with Gasteiger partial charge in [-0.15, -0.1) is 0 Å². The van der Waals surface area contributed by atoms with Crippen molar-refractivity contribution in [2.45, 2.75) is 19.4 Å². The van der Waals surface area contributed by atoms with E-state index in [4.69, 9.17) is 4.42 Å². The summed E-state index contributed by atoms with van der Waals surface area (Å²) >= 11 is 3.23. The van der Waals surface area contributed by atoms with Gasteiger partial charge in [0.25, 0.3) is 0 Å². The number of hydrogen-bond acceptors (Lipinski definition) is 2. The predicted octanol–water partition coefficient (Wildman–Crippen LogP) is 2.41. The lowest BCUT2D eigenvalue weighted by molar-refractivity contribution is -0.131.